The first-order chi connectivity index (χ1) is 25.9. The molecular weight excluding hydrogens is 639 g/mol. The summed E-state index contributed by atoms with van der Waals surface area (Å²) in [6.45, 7) is 6.92. The van der Waals surface area contributed by atoms with Gasteiger partial charge in [0.05, 0.1) is 5.69 Å². The van der Waals surface area contributed by atoms with Crippen molar-refractivity contribution >= 4 is 38.6 Å². The molecule has 0 heterocycles. The molecule has 1 spiro atoms. The number of benzene rings is 7. The molecule has 12 rings (SSSR count). The molecule has 5 aliphatic carbocycles. The molecular formula is C52H47N. The summed E-state index contributed by atoms with van der Waals surface area (Å²) in [5.74, 6) is 3.23. The average Bonchev–Trinajstić information content (AvgIpc) is 3.46. The summed E-state index contributed by atoms with van der Waals surface area (Å²) in [5, 5.41) is 5.21. The zero-order valence-corrected chi connectivity index (χ0v) is 31.1. The Morgan fingerprint density at radius 2 is 1.08 bits per heavy atom. The van der Waals surface area contributed by atoms with Crippen molar-refractivity contribution in [1.82, 2.24) is 0 Å². The molecule has 0 unspecified atom stereocenters. The minimum absolute atomic E-state index is 0.0798. The van der Waals surface area contributed by atoms with E-state index in [1.807, 2.05) is 0 Å². The molecule has 4 bridgehead atoms. The number of hydrogen-bond acceptors (Lipinski definition) is 1. The van der Waals surface area contributed by atoms with E-state index < -0.39 is 0 Å². The van der Waals surface area contributed by atoms with Gasteiger partial charge in [-0.05, 0) is 159 Å². The van der Waals surface area contributed by atoms with E-state index in [-0.39, 0.29) is 10.8 Å². The van der Waals surface area contributed by atoms with E-state index in [9.17, 15) is 0 Å². The van der Waals surface area contributed by atoms with Crippen LogP contribution in [0.2, 0.25) is 0 Å². The monoisotopic (exact) mass is 685 g/mol. The van der Waals surface area contributed by atoms with Crippen molar-refractivity contribution in [3.63, 3.8) is 0 Å². The summed E-state index contributed by atoms with van der Waals surface area (Å²) in [4.78, 5) is 2.57. The average molecular weight is 686 g/mol. The second-order valence-corrected chi connectivity index (χ2v) is 17.8. The zero-order valence-electron chi connectivity index (χ0n) is 31.1. The van der Waals surface area contributed by atoms with Crippen LogP contribution in [-0.2, 0) is 10.8 Å². The normalized spacial score (nSPS) is 23.8. The van der Waals surface area contributed by atoms with Crippen molar-refractivity contribution in [3.8, 4) is 22.3 Å². The first-order valence-electron chi connectivity index (χ1n) is 20.0. The second kappa shape index (κ2) is 11.4. The number of hydrogen-bond donors (Lipinski definition) is 0. The van der Waals surface area contributed by atoms with Crippen LogP contribution >= 0.6 is 0 Å². The van der Waals surface area contributed by atoms with Crippen LogP contribution in [0.3, 0.4) is 0 Å². The third kappa shape index (κ3) is 4.56. The van der Waals surface area contributed by atoms with Gasteiger partial charge in [-0.3, -0.25) is 0 Å². The zero-order chi connectivity index (χ0) is 35.5. The van der Waals surface area contributed by atoms with E-state index in [1.54, 1.807) is 11.1 Å². The quantitative estimate of drug-likeness (QED) is 0.167. The van der Waals surface area contributed by atoms with Gasteiger partial charge in [-0.1, -0.05) is 124 Å². The Bertz CT molecular complexity index is 2520. The van der Waals surface area contributed by atoms with Crippen molar-refractivity contribution in [1.29, 1.82) is 0 Å². The fourth-order valence-corrected chi connectivity index (χ4v) is 12.0. The van der Waals surface area contributed by atoms with Crippen molar-refractivity contribution in [2.75, 3.05) is 4.90 Å². The van der Waals surface area contributed by atoms with Crippen LogP contribution in [0.1, 0.15) is 69.6 Å². The Hall–Kier alpha value is -5.14. The van der Waals surface area contributed by atoms with Crippen LogP contribution < -0.4 is 4.90 Å². The van der Waals surface area contributed by atoms with Gasteiger partial charge in [-0.25, -0.2) is 0 Å². The van der Waals surface area contributed by atoms with Gasteiger partial charge in [0.15, 0.2) is 0 Å². The summed E-state index contributed by atoms with van der Waals surface area (Å²) in [7, 11) is 0. The highest BCUT2D eigenvalue weighted by molar-refractivity contribution is 6.15. The number of anilines is 3. The van der Waals surface area contributed by atoms with Crippen LogP contribution in [0.25, 0.3) is 43.8 Å². The molecule has 0 aliphatic heterocycles. The fraction of sp³-hybridized carbons (Fsp3) is 0.269. The molecule has 4 saturated carbocycles. The highest BCUT2D eigenvalue weighted by Crippen LogP contribution is 2.70. The predicted octanol–water partition coefficient (Wildman–Crippen LogP) is 14.1. The van der Waals surface area contributed by atoms with Gasteiger partial charge in [0, 0.05) is 22.4 Å². The SMILES string of the molecule is CC(C)(C)c1ccc(N(c2ccccc2)c2cc3c(cc2-c2cc4ccccc4c4ccccc24)-c2ccccc2C32C3CC4CC(C3)CC2C4)cc1. The third-order valence-electron chi connectivity index (χ3n) is 14.0. The van der Waals surface area contributed by atoms with E-state index >= 15 is 0 Å². The topological polar surface area (TPSA) is 3.24 Å². The molecule has 7 aromatic carbocycles. The number of para-hydroxylation sites is 1. The predicted molar refractivity (Wildman–Crippen MR) is 224 cm³/mol. The van der Waals surface area contributed by atoms with E-state index in [4.69, 9.17) is 0 Å². The molecule has 1 nitrogen and oxygen atoms in total. The smallest absolute Gasteiger partial charge is 0.0543 e. The third-order valence-corrected chi connectivity index (χ3v) is 14.0. The van der Waals surface area contributed by atoms with Gasteiger partial charge < -0.3 is 4.90 Å². The maximum Gasteiger partial charge on any atom is 0.0543 e. The van der Waals surface area contributed by atoms with Crippen molar-refractivity contribution in [3.05, 3.63) is 162 Å². The molecule has 0 aromatic heterocycles. The van der Waals surface area contributed by atoms with E-state index in [2.05, 4.69) is 171 Å². The Morgan fingerprint density at radius 1 is 0.472 bits per heavy atom. The summed E-state index contributed by atoms with van der Waals surface area (Å²) >= 11 is 0. The fourth-order valence-electron chi connectivity index (χ4n) is 12.0. The minimum atomic E-state index is 0.0798. The van der Waals surface area contributed by atoms with Crippen LogP contribution in [0.4, 0.5) is 17.1 Å². The van der Waals surface area contributed by atoms with Crippen molar-refractivity contribution < 1.29 is 0 Å². The number of rotatable bonds is 4. The first kappa shape index (κ1) is 31.4. The Kier molecular flexibility index (Phi) is 6.77. The number of fused-ring (bicyclic) bond motifs is 6. The molecule has 1 heteroatoms. The highest BCUT2D eigenvalue weighted by Gasteiger charge is 2.61. The lowest BCUT2D eigenvalue weighted by Crippen LogP contribution is -2.55. The van der Waals surface area contributed by atoms with E-state index in [1.165, 1.54) is 98.5 Å². The molecule has 0 amide bonds. The lowest BCUT2D eigenvalue weighted by molar-refractivity contribution is -0.0399. The van der Waals surface area contributed by atoms with Crippen LogP contribution in [0.15, 0.2) is 146 Å². The van der Waals surface area contributed by atoms with Crippen molar-refractivity contribution in [2.45, 2.75) is 63.7 Å². The van der Waals surface area contributed by atoms with Crippen LogP contribution in [0.5, 0.6) is 0 Å². The summed E-state index contributed by atoms with van der Waals surface area (Å²) in [6, 6.07) is 55.9. The molecule has 0 N–H and O–H groups in total. The van der Waals surface area contributed by atoms with Crippen LogP contribution in [-0.4, -0.2) is 0 Å². The Labute approximate surface area is 314 Å². The van der Waals surface area contributed by atoms with Gasteiger partial charge in [0.2, 0.25) is 0 Å². The van der Waals surface area contributed by atoms with E-state index in [0.717, 1.165) is 11.8 Å². The maximum absolute atomic E-state index is 2.70. The molecule has 0 radical (unpaired) electrons. The number of nitrogens with zero attached hydrogens (tertiary/aromatic N) is 1. The lowest BCUT2D eigenvalue weighted by Gasteiger charge is -2.61. The minimum Gasteiger partial charge on any atom is -0.310 e. The molecule has 0 atom stereocenters. The lowest BCUT2D eigenvalue weighted by atomic mass is 9.43. The molecule has 4 fully saturated rings. The maximum atomic E-state index is 2.70. The molecule has 5 aliphatic rings. The Morgan fingerprint density at radius 3 is 1.79 bits per heavy atom. The Balaban J connectivity index is 1.25. The summed E-state index contributed by atoms with van der Waals surface area (Å²) in [5.41, 5.74) is 13.9. The van der Waals surface area contributed by atoms with Crippen LogP contribution in [0, 0.1) is 23.7 Å². The van der Waals surface area contributed by atoms with Crippen molar-refractivity contribution in [2.24, 2.45) is 23.7 Å². The first-order valence-corrected chi connectivity index (χ1v) is 20.0. The molecule has 0 saturated heterocycles. The van der Waals surface area contributed by atoms with Gasteiger partial charge in [0.1, 0.15) is 0 Å². The largest absolute Gasteiger partial charge is 0.310 e. The highest BCUT2D eigenvalue weighted by atomic mass is 15.1. The van der Waals surface area contributed by atoms with Gasteiger partial charge >= 0.3 is 0 Å². The summed E-state index contributed by atoms with van der Waals surface area (Å²) in [6.07, 6.45) is 6.98. The summed E-state index contributed by atoms with van der Waals surface area (Å²) < 4.78 is 0. The van der Waals surface area contributed by atoms with Gasteiger partial charge in [-0.2, -0.15) is 0 Å². The molecule has 7 aromatic rings. The molecule has 53 heavy (non-hydrogen) atoms. The standard InChI is InChI=1S/C52H47N/c1-51(2,3)36-21-23-40(24-22-36)53(39-14-5-4-6-15-39)50-32-49-46(31-47(50)45-30-35-13-7-8-16-41(35)42-17-9-10-18-43(42)45)44-19-11-12-20-48(44)52(49)37-26-33-25-34(28-37)29-38(52)27-33/h4-24,30-34,37-38H,25-29H2,1-3H3. The second-order valence-electron chi connectivity index (χ2n) is 17.8. The van der Waals surface area contributed by atoms with Gasteiger partial charge in [-0.15, -0.1) is 0 Å². The van der Waals surface area contributed by atoms with Gasteiger partial charge in [0.25, 0.3) is 0 Å². The molecule has 260 valence electrons. The van der Waals surface area contributed by atoms with E-state index in [0.29, 0.717) is 11.8 Å².